The molecule has 1 atom stereocenters. The molecule has 0 amide bonds. The van der Waals surface area contributed by atoms with E-state index in [0.717, 1.165) is 0 Å². The van der Waals surface area contributed by atoms with Crippen LogP contribution in [0.5, 0.6) is 0 Å². The normalized spacial score (nSPS) is 12.7. The summed E-state index contributed by atoms with van der Waals surface area (Å²) in [5.74, 6) is 0.429. The number of benzene rings is 1. The molecule has 0 aliphatic heterocycles. The average molecular weight is 315 g/mol. The Morgan fingerprint density at radius 2 is 2.04 bits per heavy atom. The van der Waals surface area contributed by atoms with E-state index < -0.39 is 0 Å². The first-order chi connectivity index (χ1) is 11.1. The summed E-state index contributed by atoms with van der Waals surface area (Å²) in [7, 11) is 0. The summed E-state index contributed by atoms with van der Waals surface area (Å²) in [6.45, 7) is 4.01. The molecule has 3 rings (SSSR count). The number of para-hydroxylation sites is 1. The molecule has 0 aliphatic carbocycles. The minimum absolute atomic E-state index is 0.00931. The molecule has 1 aromatic carbocycles. The van der Waals surface area contributed by atoms with E-state index in [0.29, 0.717) is 22.5 Å². The number of fused-ring (bicyclic) bond motifs is 1. The topological polar surface area (TPSA) is 75.9 Å². The van der Waals surface area contributed by atoms with Gasteiger partial charge in [0, 0.05) is 0 Å². The first kappa shape index (κ1) is 15.4. The van der Waals surface area contributed by atoms with Gasteiger partial charge >= 0.3 is 0 Å². The summed E-state index contributed by atoms with van der Waals surface area (Å²) in [5.41, 5.74) is 0.836. The van der Waals surface area contributed by atoms with E-state index in [4.69, 9.17) is 0 Å². The van der Waals surface area contributed by atoms with Crippen LogP contribution in [0.15, 0.2) is 36.8 Å². The Balaban J connectivity index is 2.06. The Morgan fingerprint density at radius 3 is 2.74 bits per heavy atom. The van der Waals surface area contributed by atoms with E-state index in [1.165, 1.54) is 17.1 Å². The number of aliphatic hydroxyl groups excluding tert-OH is 1. The van der Waals surface area contributed by atoms with Crippen LogP contribution >= 0.6 is 0 Å². The highest BCUT2D eigenvalue weighted by Gasteiger charge is 2.17. The fourth-order valence-corrected chi connectivity index (χ4v) is 2.36. The molecule has 2 heterocycles. The summed E-state index contributed by atoms with van der Waals surface area (Å²) in [6, 6.07) is 6.25. The van der Waals surface area contributed by atoms with Crippen LogP contribution in [0.2, 0.25) is 0 Å². The monoisotopic (exact) mass is 315 g/mol. The van der Waals surface area contributed by atoms with Crippen molar-refractivity contribution < 1.29 is 9.50 Å². The smallest absolute Gasteiger partial charge is 0.168 e. The van der Waals surface area contributed by atoms with Crippen molar-refractivity contribution in [2.75, 3.05) is 11.9 Å². The van der Waals surface area contributed by atoms with Crippen molar-refractivity contribution in [2.24, 2.45) is 5.92 Å². The van der Waals surface area contributed by atoms with E-state index in [-0.39, 0.29) is 24.4 Å². The molecular weight excluding hydrogens is 297 g/mol. The Bertz CT molecular complexity index is 817. The van der Waals surface area contributed by atoms with Crippen molar-refractivity contribution in [3.05, 3.63) is 42.6 Å². The predicted molar refractivity (Wildman–Crippen MR) is 86.0 cm³/mol. The van der Waals surface area contributed by atoms with Crippen molar-refractivity contribution >= 4 is 16.9 Å². The molecule has 7 heteroatoms. The summed E-state index contributed by atoms with van der Waals surface area (Å²) in [5, 5.41) is 17.6. The van der Waals surface area contributed by atoms with Crippen LogP contribution in [-0.4, -0.2) is 37.5 Å². The summed E-state index contributed by atoms with van der Waals surface area (Å²) < 4.78 is 15.4. The minimum Gasteiger partial charge on any atom is -0.394 e. The number of rotatable bonds is 5. The summed E-state index contributed by atoms with van der Waals surface area (Å²) in [6.07, 6.45) is 3.00. The third-order valence-electron chi connectivity index (χ3n) is 3.77. The van der Waals surface area contributed by atoms with E-state index in [9.17, 15) is 9.50 Å². The second kappa shape index (κ2) is 6.29. The van der Waals surface area contributed by atoms with Gasteiger partial charge < -0.3 is 10.4 Å². The van der Waals surface area contributed by atoms with Crippen molar-refractivity contribution in [3.8, 4) is 5.69 Å². The van der Waals surface area contributed by atoms with Crippen molar-refractivity contribution in [1.82, 2.24) is 19.7 Å². The molecule has 0 saturated carbocycles. The lowest BCUT2D eigenvalue weighted by Crippen LogP contribution is -2.29. The Hall–Kier alpha value is -2.54. The third kappa shape index (κ3) is 2.87. The second-order valence-corrected chi connectivity index (χ2v) is 5.64. The maximum atomic E-state index is 14.0. The largest absolute Gasteiger partial charge is 0.394 e. The highest BCUT2D eigenvalue weighted by Crippen LogP contribution is 2.24. The van der Waals surface area contributed by atoms with Gasteiger partial charge in [0.05, 0.1) is 24.2 Å². The molecule has 0 fully saturated rings. The van der Waals surface area contributed by atoms with Gasteiger partial charge in [0.1, 0.15) is 23.6 Å². The lowest BCUT2D eigenvalue weighted by atomic mass is 10.1. The molecule has 0 radical (unpaired) electrons. The first-order valence-corrected chi connectivity index (χ1v) is 7.43. The number of hydrogen-bond acceptors (Lipinski definition) is 5. The number of nitrogens with zero attached hydrogens (tertiary/aromatic N) is 4. The molecule has 2 N–H and O–H groups in total. The fraction of sp³-hybridized carbons (Fsp3) is 0.312. The van der Waals surface area contributed by atoms with Crippen LogP contribution in [0, 0.1) is 11.7 Å². The third-order valence-corrected chi connectivity index (χ3v) is 3.77. The first-order valence-electron chi connectivity index (χ1n) is 7.43. The van der Waals surface area contributed by atoms with Gasteiger partial charge in [-0.3, -0.25) is 0 Å². The maximum absolute atomic E-state index is 14.0. The number of hydrogen-bond donors (Lipinski definition) is 2. The van der Waals surface area contributed by atoms with Gasteiger partial charge in [-0.05, 0) is 18.1 Å². The van der Waals surface area contributed by atoms with Crippen molar-refractivity contribution in [1.29, 1.82) is 0 Å². The van der Waals surface area contributed by atoms with Gasteiger partial charge in [-0.25, -0.2) is 19.0 Å². The highest BCUT2D eigenvalue weighted by atomic mass is 19.1. The van der Waals surface area contributed by atoms with E-state index in [1.54, 1.807) is 24.4 Å². The molecule has 120 valence electrons. The van der Waals surface area contributed by atoms with Gasteiger partial charge in [0.15, 0.2) is 5.65 Å². The van der Waals surface area contributed by atoms with Crippen molar-refractivity contribution in [2.45, 2.75) is 19.9 Å². The second-order valence-electron chi connectivity index (χ2n) is 5.64. The number of aromatic nitrogens is 4. The maximum Gasteiger partial charge on any atom is 0.168 e. The highest BCUT2D eigenvalue weighted by molar-refractivity contribution is 5.87. The van der Waals surface area contributed by atoms with Gasteiger partial charge in [-0.1, -0.05) is 26.0 Å². The number of halogens is 1. The molecule has 6 nitrogen and oxygen atoms in total. The molecular formula is C16H18FN5O. The Morgan fingerprint density at radius 1 is 1.26 bits per heavy atom. The predicted octanol–water partition coefficient (Wildman–Crippen LogP) is 2.38. The average Bonchev–Trinajstić information content (AvgIpc) is 2.97. The SMILES string of the molecule is CC(C)[C@@H](CO)Nc1ncnc2c1cnn2-c1ccccc1F. The van der Waals surface area contributed by atoms with Crippen molar-refractivity contribution in [3.63, 3.8) is 0 Å². The standard InChI is InChI=1S/C16H18FN5O/c1-10(2)13(8-23)21-15-11-7-20-22(16(11)19-9-18-15)14-6-4-3-5-12(14)17/h3-7,9-10,13,23H,8H2,1-2H3,(H,18,19,21)/t13-/m1/s1. The van der Waals surface area contributed by atoms with Crippen LogP contribution in [0.4, 0.5) is 10.2 Å². The number of aliphatic hydroxyl groups is 1. The lowest BCUT2D eigenvalue weighted by molar-refractivity contribution is 0.249. The fourth-order valence-electron chi connectivity index (χ4n) is 2.36. The molecule has 0 unspecified atom stereocenters. The van der Waals surface area contributed by atoms with Crippen LogP contribution in [0.1, 0.15) is 13.8 Å². The summed E-state index contributed by atoms with van der Waals surface area (Å²) in [4.78, 5) is 8.44. The number of nitrogens with one attached hydrogen (secondary N) is 1. The van der Waals surface area contributed by atoms with Gasteiger partial charge in [-0.15, -0.1) is 0 Å². The van der Waals surface area contributed by atoms with E-state index in [1.807, 2.05) is 13.8 Å². The molecule has 0 bridgehead atoms. The quantitative estimate of drug-likeness (QED) is 0.756. The van der Waals surface area contributed by atoms with Crippen LogP contribution < -0.4 is 5.32 Å². The van der Waals surface area contributed by atoms with Crippen LogP contribution in [0.25, 0.3) is 16.7 Å². The molecule has 3 aromatic rings. The zero-order valence-corrected chi connectivity index (χ0v) is 12.9. The molecule has 0 aliphatic rings. The zero-order chi connectivity index (χ0) is 16.4. The van der Waals surface area contributed by atoms with E-state index >= 15 is 0 Å². The lowest BCUT2D eigenvalue weighted by Gasteiger charge is -2.20. The van der Waals surface area contributed by atoms with Gasteiger partial charge in [-0.2, -0.15) is 5.10 Å². The van der Waals surface area contributed by atoms with Gasteiger partial charge in [0.2, 0.25) is 0 Å². The zero-order valence-electron chi connectivity index (χ0n) is 12.9. The van der Waals surface area contributed by atoms with Crippen LogP contribution in [-0.2, 0) is 0 Å². The minimum atomic E-state index is -0.374. The molecule has 0 spiro atoms. The number of anilines is 1. The summed E-state index contributed by atoms with van der Waals surface area (Å²) >= 11 is 0. The Labute approximate surface area is 133 Å². The molecule has 0 saturated heterocycles. The van der Waals surface area contributed by atoms with E-state index in [2.05, 4.69) is 20.4 Å². The Kier molecular flexibility index (Phi) is 4.20. The molecule has 2 aromatic heterocycles. The van der Waals surface area contributed by atoms with Gasteiger partial charge in [0.25, 0.3) is 0 Å². The molecule has 23 heavy (non-hydrogen) atoms. The van der Waals surface area contributed by atoms with Crippen LogP contribution in [0.3, 0.4) is 0 Å².